The number of halogens is 1. The van der Waals surface area contributed by atoms with E-state index in [0.717, 1.165) is 57.4 Å². The lowest BCUT2D eigenvalue weighted by molar-refractivity contribution is -0.128. The first-order valence-electron chi connectivity index (χ1n) is 15.6. The van der Waals surface area contributed by atoms with E-state index in [1.165, 1.54) is 17.2 Å². The van der Waals surface area contributed by atoms with Gasteiger partial charge in [-0.2, -0.15) is 0 Å². The highest BCUT2D eigenvalue weighted by Gasteiger charge is 2.26. The zero-order chi connectivity index (χ0) is 30.5. The first-order chi connectivity index (χ1) is 21.4. The summed E-state index contributed by atoms with van der Waals surface area (Å²) < 4.78 is 5.82. The van der Waals surface area contributed by atoms with Crippen LogP contribution in [0.2, 0.25) is 5.02 Å². The van der Waals surface area contributed by atoms with Crippen molar-refractivity contribution >= 4 is 34.4 Å². The molecule has 0 radical (unpaired) electrons. The van der Waals surface area contributed by atoms with E-state index in [1.54, 1.807) is 24.3 Å². The highest BCUT2D eigenvalue weighted by atomic mass is 35.5. The third-order valence-corrected chi connectivity index (χ3v) is 9.25. The normalized spacial score (nSPS) is 16.8. The lowest BCUT2D eigenvalue weighted by Gasteiger charge is -2.34. The molecule has 0 saturated carbocycles. The number of carbonyl (C=O) groups is 2. The van der Waals surface area contributed by atoms with Gasteiger partial charge in [0, 0.05) is 43.2 Å². The Bertz CT molecular complexity index is 1680. The third kappa shape index (κ3) is 7.22. The van der Waals surface area contributed by atoms with Crippen LogP contribution in [0.5, 0.6) is 0 Å². The standard InChI is InChI=1S/C36H38ClN3O4/c37-28-13-11-25(12-14-28)22-29(38-36(43)34-23-32(41)31-8-3-4-9-33(31)44-34)17-21-39-19-15-26(16-20-39)30-7-2-1-6-27(30)24-40-18-5-10-35(40)42/h1-4,6-9,11-14,23,26,29H,5,10,15-22,24H2,(H,38,43)/t29-/m1/s1. The molecule has 2 saturated heterocycles. The second-order valence-electron chi connectivity index (χ2n) is 12.0. The molecule has 2 aliphatic heterocycles. The highest BCUT2D eigenvalue weighted by Crippen LogP contribution is 2.32. The van der Waals surface area contributed by atoms with Gasteiger partial charge in [-0.3, -0.25) is 14.4 Å². The predicted octanol–water partition coefficient (Wildman–Crippen LogP) is 6.18. The van der Waals surface area contributed by atoms with E-state index in [2.05, 4.69) is 34.5 Å². The van der Waals surface area contributed by atoms with Crippen LogP contribution in [-0.4, -0.2) is 53.8 Å². The van der Waals surface area contributed by atoms with Crippen LogP contribution in [0.25, 0.3) is 11.0 Å². The topological polar surface area (TPSA) is 82.9 Å². The summed E-state index contributed by atoms with van der Waals surface area (Å²) >= 11 is 6.12. The molecule has 2 amide bonds. The fourth-order valence-corrected chi connectivity index (χ4v) is 6.69. The molecule has 1 N–H and O–H groups in total. The van der Waals surface area contributed by atoms with Gasteiger partial charge in [-0.15, -0.1) is 0 Å². The Morgan fingerprint density at radius 1 is 0.955 bits per heavy atom. The summed E-state index contributed by atoms with van der Waals surface area (Å²) in [7, 11) is 0. The lowest BCUT2D eigenvalue weighted by Crippen LogP contribution is -2.41. The fourth-order valence-electron chi connectivity index (χ4n) is 6.56. The quantitative estimate of drug-likeness (QED) is 0.232. The molecule has 228 valence electrons. The van der Waals surface area contributed by atoms with Crippen LogP contribution in [0.4, 0.5) is 0 Å². The second-order valence-corrected chi connectivity index (χ2v) is 12.4. The van der Waals surface area contributed by atoms with Crippen LogP contribution in [0.1, 0.15) is 65.3 Å². The van der Waals surface area contributed by atoms with Gasteiger partial charge in [-0.25, -0.2) is 0 Å². The molecule has 0 bridgehead atoms. The number of fused-ring (bicyclic) bond motifs is 1. The van der Waals surface area contributed by atoms with Gasteiger partial charge in [0.25, 0.3) is 5.91 Å². The van der Waals surface area contributed by atoms with Gasteiger partial charge in [-0.1, -0.05) is 60.1 Å². The van der Waals surface area contributed by atoms with E-state index in [9.17, 15) is 14.4 Å². The van der Waals surface area contributed by atoms with E-state index in [0.29, 0.717) is 41.3 Å². The van der Waals surface area contributed by atoms with Crippen LogP contribution >= 0.6 is 11.6 Å². The predicted molar refractivity (Wildman–Crippen MR) is 173 cm³/mol. The van der Waals surface area contributed by atoms with Gasteiger partial charge >= 0.3 is 0 Å². The van der Waals surface area contributed by atoms with E-state index >= 15 is 0 Å². The van der Waals surface area contributed by atoms with E-state index < -0.39 is 5.91 Å². The van der Waals surface area contributed by atoms with Gasteiger partial charge in [0.05, 0.1) is 5.39 Å². The average Bonchev–Trinajstić information content (AvgIpc) is 3.45. The first kappa shape index (κ1) is 30.1. The number of likely N-dealkylation sites (tertiary alicyclic amines) is 2. The summed E-state index contributed by atoms with van der Waals surface area (Å²) in [6.45, 7) is 4.35. The molecule has 6 rings (SSSR count). The second kappa shape index (κ2) is 13.8. The van der Waals surface area contributed by atoms with E-state index in [-0.39, 0.29) is 23.1 Å². The summed E-state index contributed by atoms with van der Waals surface area (Å²) in [4.78, 5) is 42.7. The average molecular weight is 612 g/mol. The zero-order valence-electron chi connectivity index (χ0n) is 24.8. The number of amides is 2. The Balaban J connectivity index is 1.09. The van der Waals surface area contributed by atoms with Gasteiger partial charge in [-0.05, 0) is 92.1 Å². The van der Waals surface area contributed by atoms with E-state index in [4.69, 9.17) is 16.0 Å². The SMILES string of the molecule is O=C(N[C@H](CCN1CCC(c2ccccc2CN2CCCC2=O)CC1)Cc1ccc(Cl)cc1)c1cc(=O)c2ccccc2o1. The van der Waals surface area contributed by atoms with Crippen LogP contribution in [-0.2, 0) is 17.8 Å². The van der Waals surface area contributed by atoms with Crippen molar-refractivity contribution in [2.45, 2.75) is 57.0 Å². The molecule has 3 aromatic carbocycles. The number of nitrogens with zero attached hydrogens (tertiary/aromatic N) is 2. The van der Waals surface area contributed by atoms with Crippen molar-refractivity contribution in [1.29, 1.82) is 0 Å². The molecule has 8 heteroatoms. The molecular weight excluding hydrogens is 574 g/mol. The molecule has 1 aromatic heterocycles. The molecule has 0 unspecified atom stereocenters. The molecule has 4 aromatic rings. The number of rotatable bonds is 10. The van der Waals surface area contributed by atoms with Gasteiger partial charge in [0.15, 0.2) is 11.2 Å². The molecule has 2 fully saturated rings. The van der Waals surface area contributed by atoms with Crippen molar-refractivity contribution in [3.8, 4) is 0 Å². The summed E-state index contributed by atoms with van der Waals surface area (Å²) in [6.07, 6.45) is 5.12. The molecule has 0 aliphatic carbocycles. The fraction of sp³-hybridized carbons (Fsp3) is 0.361. The summed E-state index contributed by atoms with van der Waals surface area (Å²) in [6, 6.07) is 24.4. The van der Waals surface area contributed by atoms with Crippen LogP contribution in [0.3, 0.4) is 0 Å². The minimum atomic E-state index is -0.390. The molecule has 0 spiro atoms. The van der Waals surface area contributed by atoms with Crippen molar-refractivity contribution in [2.24, 2.45) is 0 Å². The summed E-state index contributed by atoms with van der Waals surface area (Å²) in [5.74, 6) is 0.363. The Labute approximate surface area is 262 Å². The first-order valence-corrected chi connectivity index (χ1v) is 16.0. The van der Waals surface area contributed by atoms with Crippen LogP contribution < -0.4 is 10.7 Å². The van der Waals surface area contributed by atoms with Crippen LogP contribution in [0, 0.1) is 0 Å². The highest BCUT2D eigenvalue weighted by molar-refractivity contribution is 6.30. The molecule has 3 heterocycles. The third-order valence-electron chi connectivity index (χ3n) is 9.00. The number of nitrogens with one attached hydrogen (secondary N) is 1. The van der Waals surface area contributed by atoms with Crippen molar-refractivity contribution in [3.05, 3.63) is 117 Å². The monoisotopic (exact) mass is 611 g/mol. The smallest absolute Gasteiger partial charge is 0.287 e. The molecule has 1 atom stereocenters. The number of piperidine rings is 1. The number of hydrogen-bond acceptors (Lipinski definition) is 5. The number of benzene rings is 3. The zero-order valence-corrected chi connectivity index (χ0v) is 25.6. The Morgan fingerprint density at radius 2 is 1.70 bits per heavy atom. The van der Waals surface area contributed by atoms with Crippen molar-refractivity contribution < 1.29 is 14.0 Å². The largest absolute Gasteiger partial charge is 0.451 e. The maximum absolute atomic E-state index is 13.3. The minimum Gasteiger partial charge on any atom is -0.451 e. The Kier molecular flexibility index (Phi) is 9.43. The van der Waals surface area contributed by atoms with Crippen molar-refractivity contribution in [1.82, 2.24) is 15.1 Å². The summed E-state index contributed by atoms with van der Waals surface area (Å²) in [5.41, 5.74) is 3.88. The van der Waals surface area contributed by atoms with Gasteiger partial charge in [0.1, 0.15) is 5.58 Å². The number of para-hydroxylation sites is 1. The molecule has 2 aliphatic rings. The number of carbonyl (C=O) groups excluding carboxylic acids is 2. The Hall–Kier alpha value is -3.94. The van der Waals surface area contributed by atoms with Crippen molar-refractivity contribution in [3.63, 3.8) is 0 Å². The van der Waals surface area contributed by atoms with Gasteiger partial charge in [0.2, 0.25) is 5.91 Å². The minimum absolute atomic E-state index is 0.0184. The Morgan fingerprint density at radius 3 is 2.48 bits per heavy atom. The lowest BCUT2D eigenvalue weighted by atomic mass is 9.86. The number of hydrogen-bond donors (Lipinski definition) is 1. The molecule has 44 heavy (non-hydrogen) atoms. The van der Waals surface area contributed by atoms with Crippen LogP contribution in [0.15, 0.2) is 88.1 Å². The van der Waals surface area contributed by atoms with E-state index in [1.807, 2.05) is 29.2 Å². The van der Waals surface area contributed by atoms with Gasteiger partial charge < -0.3 is 19.5 Å². The maximum Gasteiger partial charge on any atom is 0.287 e. The maximum atomic E-state index is 13.3. The molecule has 7 nitrogen and oxygen atoms in total. The molecular formula is C36H38ClN3O4. The van der Waals surface area contributed by atoms with Crippen molar-refractivity contribution in [2.75, 3.05) is 26.2 Å². The summed E-state index contributed by atoms with van der Waals surface area (Å²) in [5, 5.41) is 4.27.